The van der Waals surface area contributed by atoms with Crippen molar-refractivity contribution in [3.05, 3.63) is 113 Å². The van der Waals surface area contributed by atoms with Gasteiger partial charge in [-0.15, -0.1) is 0 Å². The van der Waals surface area contributed by atoms with Crippen LogP contribution < -0.4 is 9.64 Å². The number of benzene rings is 3. The molecular weight excluding hydrogens is 462 g/mol. The summed E-state index contributed by atoms with van der Waals surface area (Å²) in [5.41, 5.74) is 2.42. The Kier molecular flexibility index (Phi) is 7.40. The number of ether oxygens (including phenoxy) is 1. The van der Waals surface area contributed by atoms with Crippen molar-refractivity contribution in [2.45, 2.75) is 51.9 Å². The summed E-state index contributed by atoms with van der Waals surface area (Å²) in [4.78, 5) is 6.05. The fourth-order valence-corrected chi connectivity index (χ4v) is 5.33. The Morgan fingerprint density at radius 3 is 2.27 bits per heavy atom. The third kappa shape index (κ3) is 5.31. The summed E-state index contributed by atoms with van der Waals surface area (Å²) in [7, 11) is 0. The molecule has 3 atom stereocenters. The molecular formula is C31H36N3O3+. The van der Waals surface area contributed by atoms with Crippen molar-refractivity contribution in [3.8, 4) is 5.75 Å². The van der Waals surface area contributed by atoms with Crippen molar-refractivity contribution in [1.82, 2.24) is 10.1 Å². The van der Waals surface area contributed by atoms with Crippen molar-refractivity contribution < 1.29 is 19.3 Å². The summed E-state index contributed by atoms with van der Waals surface area (Å²) < 4.78 is 12.2. The molecule has 2 heterocycles. The lowest BCUT2D eigenvalue weighted by molar-refractivity contribution is -0.924. The topological polar surface area (TPSA) is 72.8 Å². The number of hydrogen-bond acceptors (Lipinski definition) is 5. The van der Waals surface area contributed by atoms with E-state index in [0.29, 0.717) is 29.5 Å². The second kappa shape index (κ2) is 10.9. The highest BCUT2D eigenvalue weighted by atomic mass is 16.5. The molecule has 0 saturated carbocycles. The molecule has 1 aromatic heterocycles. The van der Waals surface area contributed by atoms with Crippen LogP contribution in [0.15, 0.2) is 83.4 Å². The number of nitrogens with zero attached hydrogens (tertiary/aromatic N) is 2. The number of piperidine rings is 1. The molecule has 3 aromatic carbocycles. The number of aromatic nitrogens is 2. The Morgan fingerprint density at radius 1 is 0.973 bits per heavy atom. The molecule has 1 aliphatic rings. The maximum Gasteiger partial charge on any atom is 0.281 e. The third-order valence-electron chi connectivity index (χ3n) is 7.75. The first kappa shape index (κ1) is 25.2. The first-order chi connectivity index (χ1) is 18.0. The van der Waals surface area contributed by atoms with Gasteiger partial charge in [-0.25, -0.2) is 0 Å². The van der Waals surface area contributed by atoms with Gasteiger partial charge < -0.3 is 19.3 Å². The zero-order chi connectivity index (χ0) is 25.8. The minimum absolute atomic E-state index is 0.129. The van der Waals surface area contributed by atoms with Gasteiger partial charge in [0.1, 0.15) is 12.3 Å². The van der Waals surface area contributed by atoms with Gasteiger partial charge >= 0.3 is 0 Å². The largest absolute Gasteiger partial charge is 0.484 e. The molecule has 6 nitrogen and oxygen atoms in total. The van der Waals surface area contributed by atoms with Gasteiger partial charge in [0.05, 0.1) is 6.54 Å². The minimum Gasteiger partial charge on any atom is -0.484 e. The zero-order valence-electron chi connectivity index (χ0n) is 21.9. The minimum atomic E-state index is -1.50. The standard InChI is InChI=1S/C31H35N3O3/c1-4-24-17-18-34(20-28(24)36-27-16-15-22(2)23(3)19-27)21-29-32-30(33-37-29)31(35,25-11-7-5-8-12-25)26-13-9-6-10-14-26/h5-16,19,24,28,35H,4,17-18,20-21H2,1-3H3/p+1. The summed E-state index contributed by atoms with van der Waals surface area (Å²) in [5, 5.41) is 16.2. The Labute approximate surface area is 218 Å². The molecule has 4 aromatic rings. The lowest BCUT2D eigenvalue weighted by atomic mass is 9.85. The van der Waals surface area contributed by atoms with Crippen LogP contribution in [0, 0.1) is 19.8 Å². The molecule has 2 N–H and O–H groups in total. The predicted octanol–water partition coefficient (Wildman–Crippen LogP) is 4.23. The Hall–Kier alpha value is -3.48. The highest BCUT2D eigenvalue weighted by Crippen LogP contribution is 2.34. The maximum atomic E-state index is 11.9. The first-order valence-electron chi connectivity index (χ1n) is 13.2. The van der Waals surface area contributed by atoms with E-state index in [1.807, 2.05) is 60.7 Å². The van der Waals surface area contributed by atoms with Crippen LogP contribution >= 0.6 is 0 Å². The average Bonchev–Trinajstić information content (AvgIpc) is 3.40. The third-order valence-corrected chi connectivity index (χ3v) is 7.75. The Morgan fingerprint density at radius 2 is 1.65 bits per heavy atom. The zero-order valence-corrected chi connectivity index (χ0v) is 21.9. The van der Waals surface area contributed by atoms with Crippen molar-refractivity contribution in [3.63, 3.8) is 0 Å². The van der Waals surface area contributed by atoms with Crippen LogP contribution in [-0.2, 0) is 12.1 Å². The fraction of sp³-hybridized carbons (Fsp3) is 0.355. The van der Waals surface area contributed by atoms with Crippen LogP contribution in [0.5, 0.6) is 5.75 Å². The molecule has 1 saturated heterocycles. The van der Waals surface area contributed by atoms with Crippen LogP contribution in [0.1, 0.15) is 53.7 Å². The highest BCUT2D eigenvalue weighted by molar-refractivity contribution is 5.42. The number of likely N-dealkylation sites (tertiary alicyclic amines) is 1. The maximum absolute atomic E-state index is 11.9. The van der Waals surface area contributed by atoms with Crippen molar-refractivity contribution in [1.29, 1.82) is 0 Å². The van der Waals surface area contributed by atoms with E-state index >= 15 is 0 Å². The lowest BCUT2D eigenvalue weighted by Gasteiger charge is -2.35. The Balaban J connectivity index is 1.35. The van der Waals surface area contributed by atoms with E-state index in [-0.39, 0.29) is 11.9 Å². The first-order valence-corrected chi connectivity index (χ1v) is 13.2. The second-order valence-electron chi connectivity index (χ2n) is 10.2. The molecule has 37 heavy (non-hydrogen) atoms. The molecule has 0 bridgehead atoms. The van der Waals surface area contributed by atoms with E-state index in [9.17, 15) is 5.11 Å². The quantitative estimate of drug-likeness (QED) is 0.380. The van der Waals surface area contributed by atoms with Crippen LogP contribution in [-0.4, -0.2) is 34.4 Å². The molecule has 1 fully saturated rings. The molecule has 1 aliphatic heterocycles. The van der Waals surface area contributed by atoms with Crippen LogP contribution in [0.2, 0.25) is 0 Å². The average molecular weight is 499 g/mol. The highest BCUT2D eigenvalue weighted by Gasteiger charge is 2.40. The molecule has 0 amide bonds. The van der Waals surface area contributed by atoms with Crippen LogP contribution in [0.4, 0.5) is 0 Å². The molecule has 0 spiro atoms. The van der Waals surface area contributed by atoms with Crippen LogP contribution in [0.3, 0.4) is 0 Å². The number of rotatable bonds is 8. The summed E-state index contributed by atoms with van der Waals surface area (Å²) in [6.07, 6.45) is 2.30. The fourth-order valence-electron chi connectivity index (χ4n) is 5.33. The molecule has 192 valence electrons. The van der Waals surface area contributed by atoms with Crippen molar-refractivity contribution >= 4 is 0 Å². The normalized spacial score (nSPS) is 20.1. The van der Waals surface area contributed by atoms with E-state index < -0.39 is 5.60 Å². The molecule has 0 aliphatic carbocycles. The van der Waals surface area contributed by atoms with Gasteiger partial charge in [-0.2, -0.15) is 4.98 Å². The van der Waals surface area contributed by atoms with Crippen molar-refractivity contribution in [2.24, 2.45) is 5.92 Å². The Bertz CT molecular complexity index is 1270. The monoisotopic (exact) mass is 498 g/mol. The molecule has 0 radical (unpaired) electrons. The van der Waals surface area contributed by atoms with Gasteiger partial charge in [-0.3, -0.25) is 0 Å². The molecule has 5 rings (SSSR count). The van der Waals surface area contributed by atoms with Gasteiger partial charge in [-0.1, -0.05) is 78.8 Å². The van der Waals surface area contributed by atoms with Gasteiger partial charge in [0.25, 0.3) is 5.89 Å². The van der Waals surface area contributed by atoms with Gasteiger partial charge in [-0.05, 0) is 54.7 Å². The number of aryl methyl sites for hydroxylation is 2. The molecule has 3 unspecified atom stereocenters. The van der Waals surface area contributed by atoms with E-state index in [1.54, 1.807) is 0 Å². The number of nitrogens with one attached hydrogen (secondary N) is 1. The van der Waals surface area contributed by atoms with Crippen LogP contribution in [0.25, 0.3) is 0 Å². The lowest BCUT2D eigenvalue weighted by Crippen LogP contribution is -3.13. The van der Waals surface area contributed by atoms with E-state index in [0.717, 1.165) is 31.7 Å². The van der Waals surface area contributed by atoms with E-state index in [1.165, 1.54) is 16.0 Å². The van der Waals surface area contributed by atoms with E-state index in [4.69, 9.17) is 14.2 Å². The number of aliphatic hydroxyl groups is 1. The summed E-state index contributed by atoms with van der Waals surface area (Å²) in [6.45, 7) is 8.96. The summed E-state index contributed by atoms with van der Waals surface area (Å²) >= 11 is 0. The smallest absolute Gasteiger partial charge is 0.281 e. The van der Waals surface area contributed by atoms with E-state index in [2.05, 4.69) is 44.1 Å². The summed E-state index contributed by atoms with van der Waals surface area (Å²) in [6, 6.07) is 25.4. The second-order valence-corrected chi connectivity index (χ2v) is 10.2. The summed E-state index contributed by atoms with van der Waals surface area (Å²) in [5.74, 6) is 2.23. The molecule has 6 heteroatoms. The van der Waals surface area contributed by atoms with Gasteiger partial charge in [0.15, 0.2) is 18.2 Å². The van der Waals surface area contributed by atoms with Gasteiger partial charge in [0, 0.05) is 12.3 Å². The SMILES string of the molecule is CCC1CC[NH+](Cc2nc(C(O)(c3ccccc3)c3ccccc3)no2)CC1Oc1ccc(C)c(C)c1. The number of quaternary nitrogens is 1. The van der Waals surface area contributed by atoms with Crippen molar-refractivity contribution in [2.75, 3.05) is 13.1 Å². The predicted molar refractivity (Wildman–Crippen MR) is 142 cm³/mol. The number of hydrogen-bond donors (Lipinski definition) is 2. The van der Waals surface area contributed by atoms with Gasteiger partial charge in [0.2, 0.25) is 5.82 Å².